The molecule has 138 valence electrons. The third-order valence-corrected chi connectivity index (χ3v) is 4.92. The van der Waals surface area contributed by atoms with Gasteiger partial charge in [0.2, 0.25) is 0 Å². The standard InChI is InChI=1S/C22H28N2O2/c1-14-11-15(2)21-19(12-14)17(7-5-6-10-23)22(24-21)18-9-8-16(25-3)13-20(18)26-4/h8-9,11-13,24H,5-7,10,23H2,1-4H3. The molecule has 0 spiro atoms. The van der Waals surface area contributed by atoms with Crippen LogP contribution in [-0.4, -0.2) is 25.7 Å². The fourth-order valence-electron chi connectivity index (χ4n) is 3.65. The Labute approximate surface area is 155 Å². The topological polar surface area (TPSA) is 60.3 Å². The third kappa shape index (κ3) is 3.42. The number of hydrogen-bond acceptors (Lipinski definition) is 3. The zero-order valence-electron chi connectivity index (χ0n) is 16.1. The summed E-state index contributed by atoms with van der Waals surface area (Å²) in [6, 6.07) is 10.5. The second-order valence-electron chi connectivity index (χ2n) is 6.79. The number of ether oxygens (including phenoxy) is 2. The fourth-order valence-corrected chi connectivity index (χ4v) is 3.65. The molecule has 0 saturated heterocycles. The van der Waals surface area contributed by atoms with E-state index >= 15 is 0 Å². The average molecular weight is 352 g/mol. The van der Waals surface area contributed by atoms with Gasteiger partial charge in [0.1, 0.15) is 11.5 Å². The molecule has 0 unspecified atom stereocenters. The number of rotatable bonds is 7. The molecule has 0 aliphatic carbocycles. The van der Waals surface area contributed by atoms with Gasteiger partial charge in [0.25, 0.3) is 0 Å². The maximum absolute atomic E-state index is 5.71. The van der Waals surface area contributed by atoms with Crippen LogP contribution in [0.3, 0.4) is 0 Å². The zero-order valence-corrected chi connectivity index (χ0v) is 16.1. The zero-order chi connectivity index (χ0) is 18.7. The molecule has 0 amide bonds. The minimum Gasteiger partial charge on any atom is -0.497 e. The molecule has 0 radical (unpaired) electrons. The normalized spacial score (nSPS) is 11.1. The number of methoxy groups -OCH3 is 2. The summed E-state index contributed by atoms with van der Waals surface area (Å²) >= 11 is 0. The third-order valence-electron chi connectivity index (χ3n) is 4.92. The van der Waals surface area contributed by atoms with Crippen LogP contribution in [0, 0.1) is 13.8 Å². The van der Waals surface area contributed by atoms with Crippen molar-refractivity contribution in [2.24, 2.45) is 5.73 Å². The van der Waals surface area contributed by atoms with Crippen molar-refractivity contribution in [1.29, 1.82) is 0 Å². The fraction of sp³-hybridized carbons (Fsp3) is 0.364. The molecule has 4 heteroatoms. The van der Waals surface area contributed by atoms with Crippen LogP contribution >= 0.6 is 0 Å². The highest BCUT2D eigenvalue weighted by Gasteiger charge is 2.18. The Morgan fingerprint density at radius 3 is 2.50 bits per heavy atom. The van der Waals surface area contributed by atoms with Gasteiger partial charge in [0, 0.05) is 22.5 Å². The molecule has 3 N–H and O–H groups in total. The lowest BCUT2D eigenvalue weighted by Crippen LogP contribution is -1.99. The summed E-state index contributed by atoms with van der Waals surface area (Å²) in [7, 11) is 3.37. The molecular formula is C22H28N2O2. The van der Waals surface area contributed by atoms with Gasteiger partial charge in [0.05, 0.1) is 19.9 Å². The smallest absolute Gasteiger partial charge is 0.131 e. The van der Waals surface area contributed by atoms with Crippen molar-refractivity contribution in [2.75, 3.05) is 20.8 Å². The van der Waals surface area contributed by atoms with E-state index in [-0.39, 0.29) is 0 Å². The van der Waals surface area contributed by atoms with Gasteiger partial charge in [-0.1, -0.05) is 11.6 Å². The molecule has 1 heterocycles. The van der Waals surface area contributed by atoms with Crippen LogP contribution in [-0.2, 0) is 6.42 Å². The number of benzene rings is 2. The highest BCUT2D eigenvalue weighted by Crippen LogP contribution is 2.39. The minimum absolute atomic E-state index is 0.724. The molecule has 0 aliphatic heterocycles. The first-order valence-corrected chi connectivity index (χ1v) is 9.13. The Morgan fingerprint density at radius 1 is 1.00 bits per heavy atom. The summed E-state index contributed by atoms with van der Waals surface area (Å²) in [5, 5.41) is 1.30. The molecule has 2 aromatic carbocycles. The molecule has 4 nitrogen and oxygen atoms in total. The Morgan fingerprint density at radius 2 is 1.81 bits per heavy atom. The van der Waals surface area contributed by atoms with Gasteiger partial charge in [-0.25, -0.2) is 0 Å². The number of hydrogen-bond donors (Lipinski definition) is 2. The second-order valence-corrected chi connectivity index (χ2v) is 6.79. The van der Waals surface area contributed by atoms with Crippen molar-refractivity contribution < 1.29 is 9.47 Å². The lowest BCUT2D eigenvalue weighted by atomic mass is 9.98. The van der Waals surface area contributed by atoms with Crippen LogP contribution in [0.4, 0.5) is 0 Å². The summed E-state index contributed by atoms with van der Waals surface area (Å²) in [5.74, 6) is 1.60. The second kappa shape index (κ2) is 7.83. The molecule has 3 rings (SSSR count). The van der Waals surface area contributed by atoms with E-state index in [1.54, 1.807) is 14.2 Å². The van der Waals surface area contributed by atoms with Crippen LogP contribution < -0.4 is 15.2 Å². The summed E-state index contributed by atoms with van der Waals surface area (Å²) in [6.45, 7) is 5.03. The molecule has 0 atom stereocenters. The van der Waals surface area contributed by atoms with Gasteiger partial charge in [-0.15, -0.1) is 0 Å². The number of aryl methyl sites for hydroxylation is 3. The first-order chi connectivity index (χ1) is 12.6. The Kier molecular flexibility index (Phi) is 5.52. The SMILES string of the molecule is COc1ccc(-c2[nH]c3c(C)cc(C)cc3c2CCCCN)c(OC)c1. The number of nitrogens with two attached hydrogens (primary N) is 1. The molecule has 0 aliphatic rings. The van der Waals surface area contributed by atoms with Crippen LogP contribution in [0.2, 0.25) is 0 Å². The van der Waals surface area contributed by atoms with Gasteiger partial charge in [-0.05, 0) is 69.0 Å². The van der Waals surface area contributed by atoms with Crippen LogP contribution in [0.15, 0.2) is 30.3 Å². The first kappa shape index (κ1) is 18.3. The van der Waals surface area contributed by atoms with Crippen molar-refractivity contribution in [1.82, 2.24) is 4.98 Å². The van der Waals surface area contributed by atoms with E-state index in [0.29, 0.717) is 0 Å². The minimum atomic E-state index is 0.724. The lowest BCUT2D eigenvalue weighted by Gasteiger charge is -2.11. The largest absolute Gasteiger partial charge is 0.497 e. The van der Waals surface area contributed by atoms with E-state index in [1.165, 1.54) is 27.6 Å². The maximum Gasteiger partial charge on any atom is 0.131 e. The molecule has 0 saturated carbocycles. The van der Waals surface area contributed by atoms with E-state index in [2.05, 4.69) is 37.0 Å². The van der Waals surface area contributed by atoms with Gasteiger partial charge < -0.3 is 20.2 Å². The van der Waals surface area contributed by atoms with Crippen molar-refractivity contribution in [3.63, 3.8) is 0 Å². The predicted octanol–water partition coefficient (Wildman–Crippen LogP) is 4.75. The monoisotopic (exact) mass is 352 g/mol. The van der Waals surface area contributed by atoms with E-state index in [1.807, 2.05) is 12.1 Å². The van der Waals surface area contributed by atoms with E-state index in [0.717, 1.165) is 48.6 Å². The number of aromatic nitrogens is 1. The van der Waals surface area contributed by atoms with E-state index < -0.39 is 0 Å². The van der Waals surface area contributed by atoms with Crippen molar-refractivity contribution in [3.8, 4) is 22.8 Å². The van der Waals surface area contributed by atoms with Crippen LogP contribution in [0.1, 0.15) is 29.5 Å². The van der Waals surface area contributed by atoms with Gasteiger partial charge >= 0.3 is 0 Å². The van der Waals surface area contributed by atoms with Gasteiger partial charge in [-0.2, -0.15) is 0 Å². The molecule has 1 aromatic heterocycles. The predicted molar refractivity (Wildman–Crippen MR) is 108 cm³/mol. The van der Waals surface area contributed by atoms with E-state index in [4.69, 9.17) is 15.2 Å². The number of aromatic amines is 1. The molecule has 3 aromatic rings. The summed E-state index contributed by atoms with van der Waals surface area (Å²) in [6.07, 6.45) is 3.09. The Balaban J connectivity index is 2.21. The molecule has 0 bridgehead atoms. The molecular weight excluding hydrogens is 324 g/mol. The number of H-pyrrole nitrogens is 1. The van der Waals surface area contributed by atoms with Crippen molar-refractivity contribution in [2.45, 2.75) is 33.1 Å². The van der Waals surface area contributed by atoms with Crippen LogP contribution in [0.5, 0.6) is 11.5 Å². The Hall–Kier alpha value is -2.46. The quantitative estimate of drug-likeness (QED) is 0.603. The number of fused-ring (bicyclic) bond motifs is 1. The Bertz CT molecular complexity index is 912. The lowest BCUT2D eigenvalue weighted by molar-refractivity contribution is 0.395. The number of unbranched alkanes of at least 4 members (excludes halogenated alkanes) is 1. The summed E-state index contributed by atoms with van der Waals surface area (Å²) in [5.41, 5.74) is 13.0. The summed E-state index contributed by atoms with van der Waals surface area (Å²) < 4.78 is 11.0. The van der Waals surface area contributed by atoms with Crippen molar-refractivity contribution >= 4 is 10.9 Å². The summed E-state index contributed by atoms with van der Waals surface area (Å²) in [4.78, 5) is 3.66. The molecule has 26 heavy (non-hydrogen) atoms. The average Bonchev–Trinajstić information content (AvgIpc) is 3.00. The number of nitrogens with one attached hydrogen (secondary N) is 1. The van der Waals surface area contributed by atoms with Gasteiger partial charge in [0.15, 0.2) is 0 Å². The molecule has 0 fully saturated rings. The maximum atomic E-state index is 5.71. The van der Waals surface area contributed by atoms with Gasteiger partial charge in [-0.3, -0.25) is 0 Å². The van der Waals surface area contributed by atoms with Crippen molar-refractivity contribution in [3.05, 3.63) is 47.0 Å². The van der Waals surface area contributed by atoms with E-state index in [9.17, 15) is 0 Å². The highest BCUT2D eigenvalue weighted by molar-refractivity contribution is 5.94. The highest BCUT2D eigenvalue weighted by atomic mass is 16.5. The van der Waals surface area contributed by atoms with Crippen LogP contribution in [0.25, 0.3) is 22.2 Å². The first-order valence-electron chi connectivity index (χ1n) is 9.13.